The summed E-state index contributed by atoms with van der Waals surface area (Å²) in [6, 6.07) is 11.0. The van der Waals surface area contributed by atoms with Crippen LogP contribution in [0, 0.1) is 0 Å². The van der Waals surface area contributed by atoms with Gasteiger partial charge in [0.15, 0.2) is 0 Å². The first kappa shape index (κ1) is 23.6. The maximum Gasteiger partial charge on any atom is 0.243 e. The Hall–Kier alpha value is -2.03. The van der Waals surface area contributed by atoms with Crippen LogP contribution >= 0.6 is 11.8 Å². The summed E-state index contributed by atoms with van der Waals surface area (Å²) in [6.07, 6.45) is 3.42. The minimum absolute atomic E-state index is 0.140. The maximum absolute atomic E-state index is 12.9. The van der Waals surface area contributed by atoms with Gasteiger partial charge in [0.1, 0.15) is 5.75 Å². The predicted molar refractivity (Wildman–Crippen MR) is 126 cm³/mol. The molecule has 0 radical (unpaired) electrons. The molecule has 8 heteroatoms. The number of aryl methyl sites for hydroxylation is 2. The molecule has 6 nitrogen and oxygen atoms in total. The zero-order chi connectivity index (χ0) is 22.4. The van der Waals surface area contributed by atoms with Crippen LogP contribution in [-0.2, 0) is 27.7 Å². The lowest BCUT2D eigenvalue weighted by molar-refractivity contribution is -0.113. The number of amides is 1. The minimum Gasteiger partial charge on any atom is -0.492 e. The molecule has 1 aliphatic rings. The Labute approximate surface area is 189 Å². The van der Waals surface area contributed by atoms with E-state index in [0.29, 0.717) is 31.1 Å². The fourth-order valence-corrected chi connectivity index (χ4v) is 5.98. The molecule has 1 amide bonds. The molecule has 1 N–H and O–H groups in total. The number of hydrogen-bond donors (Lipinski definition) is 1. The zero-order valence-corrected chi connectivity index (χ0v) is 19.9. The Kier molecular flexibility index (Phi) is 8.02. The first-order valence-corrected chi connectivity index (χ1v) is 13.1. The van der Waals surface area contributed by atoms with Gasteiger partial charge in [0, 0.05) is 18.0 Å². The van der Waals surface area contributed by atoms with E-state index in [1.165, 1.54) is 45.7 Å². The number of fused-ring (bicyclic) bond motifs is 1. The van der Waals surface area contributed by atoms with Crippen molar-refractivity contribution in [1.29, 1.82) is 0 Å². The van der Waals surface area contributed by atoms with Crippen LogP contribution < -0.4 is 10.1 Å². The molecular weight excluding hydrogens is 432 g/mol. The topological polar surface area (TPSA) is 75.7 Å². The molecule has 0 fully saturated rings. The molecule has 2 aromatic rings. The lowest BCUT2D eigenvalue weighted by Crippen LogP contribution is -2.30. The van der Waals surface area contributed by atoms with Gasteiger partial charge in [0.2, 0.25) is 15.9 Å². The normalized spacial score (nSPS) is 13.3. The second-order valence-corrected chi connectivity index (χ2v) is 10.3. The van der Waals surface area contributed by atoms with Gasteiger partial charge in [-0.1, -0.05) is 19.9 Å². The average molecular weight is 463 g/mol. The first-order chi connectivity index (χ1) is 14.9. The Morgan fingerprint density at radius 2 is 1.81 bits per heavy atom. The number of nitrogens with one attached hydrogen (secondary N) is 1. The van der Waals surface area contributed by atoms with Gasteiger partial charge < -0.3 is 10.1 Å². The quantitative estimate of drug-likeness (QED) is 0.532. The molecular formula is C23H30N2O4S2. The van der Waals surface area contributed by atoms with Crippen LogP contribution in [0.1, 0.15) is 38.3 Å². The van der Waals surface area contributed by atoms with Crippen molar-refractivity contribution in [3.8, 4) is 5.75 Å². The lowest BCUT2D eigenvalue weighted by Gasteiger charge is -2.20. The minimum atomic E-state index is -3.63. The molecule has 0 bridgehead atoms. The predicted octanol–water partition coefficient (Wildman–Crippen LogP) is 4.34. The van der Waals surface area contributed by atoms with Gasteiger partial charge in [-0.2, -0.15) is 4.31 Å². The Balaban J connectivity index is 1.74. The van der Waals surface area contributed by atoms with Crippen molar-refractivity contribution < 1.29 is 17.9 Å². The smallest absolute Gasteiger partial charge is 0.243 e. The SMILES string of the molecule is CCOc1ccc(S(=O)(=O)N(CC)CC)cc1NC(=O)CSc1ccc2c(c1)CCC2. The lowest BCUT2D eigenvalue weighted by atomic mass is 10.1. The highest BCUT2D eigenvalue weighted by Crippen LogP contribution is 2.31. The van der Waals surface area contributed by atoms with E-state index in [0.717, 1.165) is 17.7 Å². The van der Waals surface area contributed by atoms with Crippen LogP contribution in [0.3, 0.4) is 0 Å². The van der Waals surface area contributed by atoms with Crippen LogP contribution in [0.25, 0.3) is 0 Å². The van der Waals surface area contributed by atoms with E-state index in [1.54, 1.807) is 19.9 Å². The highest BCUT2D eigenvalue weighted by Gasteiger charge is 2.23. The Morgan fingerprint density at radius 3 is 2.52 bits per heavy atom. The molecule has 168 valence electrons. The molecule has 0 atom stereocenters. The van der Waals surface area contributed by atoms with Crippen LogP contribution in [0.5, 0.6) is 5.75 Å². The number of carbonyl (C=O) groups excluding carboxylic acids is 1. The molecule has 0 aromatic heterocycles. The maximum atomic E-state index is 12.9. The molecule has 0 saturated heterocycles. The summed E-state index contributed by atoms with van der Waals surface area (Å²) in [6.45, 7) is 6.62. The van der Waals surface area contributed by atoms with Gasteiger partial charge >= 0.3 is 0 Å². The fourth-order valence-electron chi connectivity index (χ4n) is 3.73. The summed E-state index contributed by atoms with van der Waals surface area (Å²) in [5.74, 6) is 0.484. The van der Waals surface area contributed by atoms with Crippen molar-refractivity contribution in [3.05, 3.63) is 47.5 Å². The Bertz CT molecular complexity index is 1030. The van der Waals surface area contributed by atoms with Crippen molar-refractivity contribution in [2.24, 2.45) is 0 Å². The zero-order valence-electron chi connectivity index (χ0n) is 18.3. The van der Waals surface area contributed by atoms with Crippen LogP contribution in [0.4, 0.5) is 5.69 Å². The Morgan fingerprint density at radius 1 is 1.06 bits per heavy atom. The molecule has 0 heterocycles. The van der Waals surface area contributed by atoms with Gasteiger partial charge in [-0.15, -0.1) is 11.8 Å². The number of ether oxygens (including phenoxy) is 1. The molecule has 0 saturated carbocycles. The summed E-state index contributed by atoms with van der Waals surface area (Å²) >= 11 is 1.48. The third kappa shape index (κ3) is 5.61. The van der Waals surface area contributed by atoms with Gasteiger partial charge in [-0.25, -0.2) is 8.42 Å². The summed E-state index contributed by atoms with van der Waals surface area (Å²) in [7, 11) is -3.63. The van der Waals surface area contributed by atoms with E-state index in [1.807, 2.05) is 6.92 Å². The van der Waals surface area contributed by atoms with E-state index < -0.39 is 10.0 Å². The monoisotopic (exact) mass is 462 g/mol. The summed E-state index contributed by atoms with van der Waals surface area (Å²) in [4.78, 5) is 13.8. The van der Waals surface area contributed by atoms with Gasteiger partial charge in [0.25, 0.3) is 0 Å². The fraction of sp³-hybridized carbons (Fsp3) is 0.435. The largest absolute Gasteiger partial charge is 0.492 e. The third-order valence-corrected chi connectivity index (χ3v) is 8.35. The van der Waals surface area contributed by atoms with E-state index in [4.69, 9.17) is 4.74 Å². The molecule has 0 aliphatic heterocycles. The van der Waals surface area contributed by atoms with Crippen molar-refractivity contribution in [2.75, 3.05) is 30.8 Å². The second kappa shape index (κ2) is 10.5. The van der Waals surface area contributed by atoms with Crippen molar-refractivity contribution in [1.82, 2.24) is 4.31 Å². The van der Waals surface area contributed by atoms with Gasteiger partial charge in [-0.05, 0) is 67.6 Å². The van der Waals surface area contributed by atoms with Crippen molar-refractivity contribution >= 4 is 33.4 Å². The van der Waals surface area contributed by atoms with E-state index in [2.05, 4.69) is 23.5 Å². The van der Waals surface area contributed by atoms with Crippen molar-refractivity contribution in [3.63, 3.8) is 0 Å². The highest BCUT2D eigenvalue weighted by molar-refractivity contribution is 8.00. The van der Waals surface area contributed by atoms with Crippen LogP contribution in [0.2, 0.25) is 0 Å². The number of nitrogens with zero attached hydrogens (tertiary/aromatic N) is 1. The molecule has 0 unspecified atom stereocenters. The molecule has 1 aliphatic carbocycles. The number of anilines is 1. The summed E-state index contributed by atoms with van der Waals surface area (Å²) < 4.78 is 32.7. The number of carbonyl (C=O) groups is 1. The number of sulfonamides is 1. The third-order valence-electron chi connectivity index (χ3n) is 5.31. The van der Waals surface area contributed by atoms with E-state index >= 15 is 0 Å². The average Bonchev–Trinajstić information content (AvgIpc) is 3.22. The van der Waals surface area contributed by atoms with Crippen LogP contribution in [0.15, 0.2) is 46.2 Å². The number of thioether (sulfide) groups is 1. The first-order valence-electron chi connectivity index (χ1n) is 10.7. The number of hydrogen-bond acceptors (Lipinski definition) is 5. The number of benzene rings is 2. The number of rotatable bonds is 10. The van der Waals surface area contributed by atoms with Gasteiger partial charge in [0.05, 0.1) is 22.9 Å². The molecule has 3 rings (SSSR count). The van der Waals surface area contributed by atoms with E-state index in [9.17, 15) is 13.2 Å². The van der Waals surface area contributed by atoms with Crippen LogP contribution in [-0.4, -0.2) is 44.1 Å². The summed E-state index contributed by atoms with van der Waals surface area (Å²) in [5.41, 5.74) is 3.15. The molecule has 2 aromatic carbocycles. The standard InChI is InChI=1S/C23H30N2O4S2/c1-4-25(5-2)31(27,28)20-12-13-22(29-6-3)21(15-20)24-23(26)16-30-19-11-10-17-8-7-9-18(17)14-19/h10-15H,4-9,16H2,1-3H3,(H,24,26). The summed E-state index contributed by atoms with van der Waals surface area (Å²) in [5, 5.41) is 2.84. The molecule has 0 spiro atoms. The van der Waals surface area contributed by atoms with E-state index in [-0.39, 0.29) is 16.6 Å². The second-order valence-electron chi connectivity index (χ2n) is 7.30. The van der Waals surface area contributed by atoms with Gasteiger partial charge in [-0.3, -0.25) is 4.79 Å². The highest BCUT2D eigenvalue weighted by atomic mass is 32.2. The van der Waals surface area contributed by atoms with Crippen molar-refractivity contribution in [2.45, 2.75) is 49.8 Å². The molecule has 31 heavy (non-hydrogen) atoms.